The van der Waals surface area contributed by atoms with Gasteiger partial charge in [0.2, 0.25) is 5.91 Å². The number of carbonyl (C=O) groups excluding carboxylic acids is 2. The van der Waals surface area contributed by atoms with Gasteiger partial charge in [0.1, 0.15) is 5.69 Å². The Morgan fingerprint density at radius 1 is 1.15 bits per heavy atom. The lowest BCUT2D eigenvalue weighted by Crippen LogP contribution is -2.50. The molecule has 0 spiro atoms. The summed E-state index contributed by atoms with van der Waals surface area (Å²) in [4.78, 5) is 41.8. The van der Waals surface area contributed by atoms with Gasteiger partial charge in [-0.2, -0.15) is 5.10 Å². The highest BCUT2D eigenvalue weighted by atomic mass is 16.4. The van der Waals surface area contributed by atoms with E-state index in [9.17, 15) is 19.5 Å². The second-order valence-electron chi connectivity index (χ2n) is 6.22. The van der Waals surface area contributed by atoms with E-state index in [1.807, 2.05) is 0 Å². The molecule has 0 bridgehead atoms. The number of nitrogens with zero attached hydrogens (tertiary/aromatic N) is 3. The summed E-state index contributed by atoms with van der Waals surface area (Å²) in [6.45, 7) is 0.565. The van der Waals surface area contributed by atoms with Crippen molar-refractivity contribution >= 4 is 17.8 Å². The lowest BCUT2D eigenvalue weighted by Gasteiger charge is -2.35. The molecular formula is C17H19N5O4. The van der Waals surface area contributed by atoms with Crippen molar-refractivity contribution in [2.24, 2.45) is 11.8 Å². The monoisotopic (exact) mass is 357 g/mol. The molecule has 2 aromatic heterocycles. The van der Waals surface area contributed by atoms with E-state index < -0.39 is 17.8 Å². The third-order valence-electron chi connectivity index (χ3n) is 4.41. The average Bonchev–Trinajstić information content (AvgIpc) is 3.20. The average molecular weight is 357 g/mol. The van der Waals surface area contributed by atoms with Gasteiger partial charge >= 0.3 is 5.97 Å². The summed E-state index contributed by atoms with van der Waals surface area (Å²) in [6, 6.07) is 5.09. The molecule has 136 valence electrons. The Morgan fingerprint density at radius 3 is 2.54 bits per heavy atom. The summed E-state index contributed by atoms with van der Waals surface area (Å²) in [5.41, 5.74) is 1.16. The number of carboxylic acids is 1. The summed E-state index contributed by atoms with van der Waals surface area (Å²) in [5, 5.41) is 18.5. The number of piperidine rings is 1. The molecule has 2 aromatic rings. The molecule has 1 saturated heterocycles. The molecule has 0 unspecified atom stereocenters. The van der Waals surface area contributed by atoms with Crippen LogP contribution >= 0.6 is 0 Å². The molecular weight excluding hydrogens is 338 g/mol. The normalized spacial score (nSPS) is 19.8. The molecule has 0 saturated carbocycles. The molecule has 9 heteroatoms. The number of aliphatic carboxylic acids is 1. The van der Waals surface area contributed by atoms with E-state index in [0.717, 1.165) is 5.56 Å². The Balaban J connectivity index is 1.68. The fourth-order valence-corrected chi connectivity index (χ4v) is 3.01. The maximum Gasteiger partial charge on any atom is 0.308 e. The molecule has 1 aliphatic rings. The number of hydrogen-bond donors (Lipinski definition) is 3. The summed E-state index contributed by atoms with van der Waals surface area (Å²) in [5.74, 6) is -3.01. The van der Waals surface area contributed by atoms with Crippen LogP contribution in [0.4, 0.5) is 0 Å². The van der Waals surface area contributed by atoms with Gasteiger partial charge in [0.25, 0.3) is 5.91 Å². The van der Waals surface area contributed by atoms with Crippen LogP contribution in [-0.2, 0) is 16.1 Å². The molecule has 0 aliphatic carbocycles. The lowest BCUT2D eigenvalue weighted by atomic mass is 9.88. The van der Waals surface area contributed by atoms with E-state index in [1.54, 1.807) is 24.5 Å². The molecule has 0 radical (unpaired) electrons. The Bertz CT molecular complexity index is 778. The van der Waals surface area contributed by atoms with Crippen LogP contribution < -0.4 is 5.32 Å². The zero-order valence-corrected chi connectivity index (χ0v) is 14.0. The van der Waals surface area contributed by atoms with E-state index >= 15 is 0 Å². The number of nitrogens with one attached hydrogen (secondary N) is 2. The third kappa shape index (κ3) is 4.05. The predicted molar refractivity (Wildman–Crippen MR) is 89.8 cm³/mol. The third-order valence-corrected chi connectivity index (χ3v) is 4.41. The van der Waals surface area contributed by atoms with Crippen molar-refractivity contribution in [3.8, 4) is 0 Å². The minimum Gasteiger partial charge on any atom is -0.481 e. The van der Waals surface area contributed by atoms with Crippen molar-refractivity contribution in [3.63, 3.8) is 0 Å². The van der Waals surface area contributed by atoms with Gasteiger partial charge in [-0.25, -0.2) is 0 Å². The number of pyridine rings is 1. The largest absolute Gasteiger partial charge is 0.481 e. The Kier molecular flexibility index (Phi) is 5.26. The van der Waals surface area contributed by atoms with Crippen LogP contribution in [0, 0.1) is 11.8 Å². The highest BCUT2D eigenvalue weighted by Gasteiger charge is 2.37. The van der Waals surface area contributed by atoms with Gasteiger partial charge in [0, 0.05) is 38.2 Å². The maximum atomic E-state index is 12.5. The molecule has 3 N–H and O–H groups in total. The topological polar surface area (TPSA) is 128 Å². The van der Waals surface area contributed by atoms with Crippen molar-refractivity contribution in [1.82, 2.24) is 25.4 Å². The van der Waals surface area contributed by atoms with Crippen LogP contribution in [0.25, 0.3) is 0 Å². The highest BCUT2D eigenvalue weighted by Crippen LogP contribution is 2.24. The number of hydrogen-bond acceptors (Lipinski definition) is 5. The molecule has 1 fully saturated rings. The highest BCUT2D eigenvalue weighted by molar-refractivity contribution is 5.93. The van der Waals surface area contributed by atoms with Crippen molar-refractivity contribution in [2.75, 3.05) is 13.1 Å². The van der Waals surface area contributed by atoms with Crippen molar-refractivity contribution < 1.29 is 19.5 Å². The molecule has 3 heterocycles. The summed E-state index contributed by atoms with van der Waals surface area (Å²) in [7, 11) is 0. The van der Waals surface area contributed by atoms with Crippen molar-refractivity contribution in [3.05, 3.63) is 48.0 Å². The van der Waals surface area contributed by atoms with Gasteiger partial charge in [-0.3, -0.25) is 24.5 Å². The zero-order chi connectivity index (χ0) is 18.5. The second kappa shape index (κ2) is 7.77. The van der Waals surface area contributed by atoms with Crippen LogP contribution in [0.1, 0.15) is 22.5 Å². The minimum atomic E-state index is -1.01. The molecule has 2 atom stereocenters. The van der Waals surface area contributed by atoms with Gasteiger partial charge in [-0.1, -0.05) is 0 Å². The number of aromatic amines is 1. The quantitative estimate of drug-likeness (QED) is 0.705. The van der Waals surface area contributed by atoms with Crippen molar-refractivity contribution in [2.45, 2.75) is 13.0 Å². The molecule has 0 aromatic carbocycles. The fourth-order valence-electron chi connectivity index (χ4n) is 3.01. The standard InChI is InChI=1S/C17H19N5O4/c23-15(19-8-11-1-4-18-5-2-11)12-7-13(17(25)26)10-22(9-12)16(24)14-3-6-20-21-14/h1-6,12-13H,7-10H2,(H,19,23)(H,20,21)(H,25,26)/t12-,13+/m1/s1. The first-order valence-electron chi connectivity index (χ1n) is 8.22. The van der Waals surface area contributed by atoms with Crippen molar-refractivity contribution in [1.29, 1.82) is 0 Å². The first-order valence-corrected chi connectivity index (χ1v) is 8.22. The molecule has 26 heavy (non-hydrogen) atoms. The van der Waals surface area contributed by atoms with E-state index in [2.05, 4.69) is 20.5 Å². The molecule has 2 amide bonds. The smallest absolute Gasteiger partial charge is 0.308 e. The predicted octanol–water partition coefficient (Wildman–Crippen LogP) is 0.284. The van der Waals surface area contributed by atoms with E-state index in [4.69, 9.17) is 0 Å². The lowest BCUT2D eigenvalue weighted by molar-refractivity contribution is -0.144. The summed E-state index contributed by atoms with van der Waals surface area (Å²) < 4.78 is 0. The number of amides is 2. The summed E-state index contributed by atoms with van der Waals surface area (Å²) in [6.07, 6.45) is 4.91. The van der Waals surface area contributed by atoms with Crippen LogP contribution in [0.3, 0.4) is 0 Å². The number of carboxylic acid groups (broad SMARTS) is 1. The van der Waals surface area contributed by atoms with E-state index in [1.165, 1.54) is 17.2 Å². The maximum absolute atomic E-state index is 12.5. The Labute approximate surface area is 149 Å². The van der Waals surface area contributed by atoms with E-state index in [0.29, 0.717) is 6.54 Å². The fraction of sp³-hybridized carbons (Fsp3) is 0.353. The number of rotatable bonds is 5. The number of H-pyrrole nitrogens is 1. The molecule has 1 aliphatic heterocycles. The Morgan fingerprint density at radius 2 is 1.88 bits per heavy atom. The molecule has 9 nitrogen and oxygen atoms in total. The second-order valence-corrected chi connectivity index (χ2v) is 6.22. The number of carbonyl (C=O) groups is 3. The Hall–Kier alpha value is -3.23. The van der Waals surface area contributed by atoms with Gasteiger partial charge in [0.05, 0.1) is 11.8 Å². The van der Waals surface area contributed by atoms with Gasteiger partial charge in [-0.05, 0) is 30.2 Å². The van der Waals surface area contributed by atoms with Gasteiger partial charge in [-0.15, -0.1) is 0 Å². The summed E-state index contributed by atoms with van der Waals surface area (Å²) >= 11 is 0. The van der Waals surface area contributed by atoms with E-state index in [-0.39, 0.29) is 37.0 Å². The number of likely N-dealkylation sites (tertiary alicyclic amines) is 1. The van der Waals surface area contributed by atoms with Crippen LogP contribution in [0.15, 0.2) is 36.8 Å². The number of aromatic nitrogens is 3. The van der Waals surface area contributed by atoms with Gasteiger partial charge in [0.15, 0.2) is 0 Å². The molecule has 3 rings (SSSR count). The first-order chi connectivity index (χ1) is 12.5. The van der Waals surface area contributed by atoms with Crippen LogP contribution in [-0.4, -0.2) is 56.1 Å². The van der Waals surface area contributed by atoms with Crippen LogP contribution in [0.5, 0.6) is 0 Å². The SMILES string of the molecule is O=C(O)[C@H]1C[C@@H](C(=O)NCc2ccncc2)CN(C(=O)c2ccn[nH]2)C1. The van der Waals surface area contributed by atoms with Gasteiger partial charge < -0.3 is 15.3 Å². The minimum absolute atomic E-state index is 0.0708. The first kappa shape index (κ1) is 17.6. The van der Waals surface area contributed by atoms with Crippen LogP contribution in [0.2, 0.25) is 0 Å². The zero-order valence-electron chi connectivity index (χ0n) is 14.0.